The van der Waals surface area contributed by atoms with Gasteiger partial charge in [-0.15, -0.1) is 0 Å². The van der Waals surface area contributed by atoms with Crippen LogP contribution in [0, 0.1) is 17.3 Å². The predicted molar refractivity (Wildman–Crippen MR) is 96.4 cm³/mol. The first-order chi connectivity index (χ1) is 11.7. The van der Waals surface area contributed by atoms with Gasteiger partial charge in [0.1, 0.15) is 11.3 Å². The van der Waals surface area contributed by atoms with Crippen molar-refractivity contribution in [3.05, 3.63) is 41.0 Å². The minimum atomic E-state index is -0.461. The maximum absolute atomic E-state index is 12.5. The van der Waals surface area contributed by atoms with Crippen molar-refractivity contribution in [1.82, 2.24) is 5.32 Å². The Balaban J connectivity index is 2.06. The second-order valence-electron chi connectivity index (χ2n) is 7.31. The second-order valence-corrected chi connectivity index (χ2v) is 7.31. The van der Waals surface area contributed by atoms with E-state index in [4.69, 9.17) is 9.47 Å². The average Bonchev–Trinajstić information content (AvgIpc) is 3.11. The molecular formula is C20H27NO4. The number of carbonyl (C=O) groups is 2. The summed E-state index contributed by atoms with van der Waals surface area (Å²) in [7, 11) is 2.83. The first kappa shape index (κ1) is 19.0. The van der Waals surface area contributed by atoms with Gasteiger partial charge in [-0.05, 0) is 42.9 Å². The average molecular weight is 345 g/mol. The van der Waals surface area contributed by atoms with Gasteiger partial charge in [0.2, 0.25) is 5.91 Å². The molecule has 0 heterocycles. The molecule has 25 heavy (non-hydrogen) atoms. The summed E-state index contributed by atoms with van der Waals surface area (Å²) in [5, 5.41) is 2.98. The van der Waals surface area contributed by atoms with E-state index < -0.39 is 5.97 Å². The van der Waals surface area contributed by atoms with Crippen LogP contribution in [0.25, 0.3) is 0 Å². The highest BCUT2D eigenvalue weighted by Crippen LogP contribution is 2.59. The van der Waals surface area contributed by atoms with Gasteiger partial charge in [-0.3, -0.25) is 4.79 Å². The zero-order valence-corrected chi connectivity index (χ0v) is 15.8. The van der Waals surface area contributed by atoms with Crippen LogP contribution in [-0.4, -0.2) is 26.1 Å². The lowest BCUT2D eigenvalue weighted by Crippen LogP contribution is -2.26. The number of nitrogens with one attached hydrogen (secondary N) is 1. The number of ether oxygens (including phenoxy) is 2. The lowest BCUT2D eigenvalue weighted by atomic mass is 10.1. The Bertz CT molecular complexity index is 702. The Morgan fingerprint density at radius 1 is 1.24 bits per heavy atom. The molecule has 1 aliphatic carbocycles. The van der Waals surface area contributed by atoms with Crippen LogP contribution in [0.5, 0.6) is 5.75 Å². The molecule has 2 rings (SSSR count). The highest BCUT2D eigenvalue weighted by Gasteiger charge is 2.60. The maximum Gasteiger partial charge on any atom is 0.341 e. The predicted octanol–water partition coefficient (Wildman–Crippen LogP) is 3.34. The Labute approximate surface area is 149 Å². The zero-order valence-electron chi connectivity index (χ0n) is 15.8. The summed E-state index contributed by atoms with van der Waals surface area (Å²) in [6.07, 6.45) is 2.17. The molecule has 0 aliphatic heterocycles. The third-order valence-electron chi connectivity index (χ3n) is 4.84. The van der Waals surface area contributed by atoms with Crippen LogP contribution < -0.4 is 10.1 Å². The van der Waals surface area contributed by atoms with Crippen LogP contribution in [-0.2, 0) is 16.1 Å². The number of hydrogen-bond donors (Lipinski definition) is 1. The maximum atomic E-state index is 12.5. The molecule has 1 aromatic rings. The van der Waals surface area contributed by atoms with Crippen molar-refractivity contribution < 1.29 is 19.1 Å². The van der Waals surface area contributed by atoms with Gasteiger partial charge < -0.3 is 14.8 Å². The molecule has 1 amide bonds. The number of benzene rings is 1. The molecule has 0 spiro atoms. The van der Waals surface area contributed by atoms with Crippen LogP contribution in [0.4, 0.5) is 0 Å². The summed E-state index contributed by atoms with van der Waals surface area (Å²) in [6.45, 7) is 8.69. The van der Waals surface area contributed by atoms with Crippen LogP contribution in [0.2, 0.25) is 0 Å². The number of hydrogen-bond acceptors (Lipinski definition) is 4. The number of allylic oxidation sites excluding steroid dienone is 2. The molecule has 2 atom stereocenters. The molecule has 1 aromatic carbocycles. The monoisotopic (exact) mass is 345 g/mol. The summed E-state index contributed by atoms with van der Waals surface area (Å²) in [6, 6.07) is 5.23. The van der Waals surface area contributed by atoms with Crippen molar-refractivity contribution >= 4 is 11.9 Å². The molecular weight excluding hydrogens is 318 g/mol. The molecule has 1 N–H and O–H groups in total. The molecule has 1 saturated carbocycles. The Morgan fingerprint density at radius 2 is 1.92 bits per heavy atom. The van der Waals surface area contributed by atoms with E-state index in [9.17, 15) is 9.59 Å². The first-order valence-electron chi connectivity index (χ1n) is 8.40. The van der Waals surface area contributed by atoms with Gasteiger partial charge in [0.25, 0.3) is 0 Å². The standard InChI is InChI=1S/C20H27NO4/c1-12(2)9-15-17(20(15,3)4)18(22)21-11-13-7-8-16(24-5)14(10-13)19(23)25-6/h7-10,15,17H,11H2,1-6H3,(H,21,22). The smallest absolute Gasteiger partial charge is 0.341 e. The van der Waals surface area contributed by atoms with Gasteiger partial charge >= 0.3 is 5.97 Å². The van der Waals surface area contributed by atoms with Gasteiger partial charge in [-0.2, -0.15) is 0 Å². The highest BCUT2D eigenvalue weighted by molar-refractivity contribution is 5.92. The molecule has 0 saturated heterocycles. The Morgan fingerprint density at radius 3 is 2.48 bits per heavy atom. The van der Waals surface area contributed by atoms with E-state index in [2.05, 4.69) is 39.1 Å². The van der Waals surface area contributed by atoms with Crippen molar-refractivity contribution in [3.8, 4) is 5.75 Å². The highest BCUT2D eigenvalue weighted by atomic mass is 16.5. The Kier molecular flexibility index (Phi) is 5.55. The van der Waals surface area contributed by atoms with Crippen molar-refractivity contribution in [2.45, 2.75) is 34.2 Å². The van der Waals surface area contributed by atoms with Gasteiger partial charge in [0.15, 0.2) is 0 Å². The molecule has 0 aromatic heterocycles. The largest absolute Gasteiger partial charge is 0.496 e. The number of methoxy groups -OCH3 is 2. The number of amides is 1. The Hall–Kier alpha value is -2.30. The van der Waals surface area contributed by atoms with Crippen molar-refractivity contribution in [2.75, 3.05) is 14.2 Å². The molecule has 1 fully saturated rings. The quantitative estimate of drug-likeness (QED) is 0.634. The fourth-order valence-corrected chi connectivity index (χ4v) is 3.28. The summed E-state index contributed by atoms with van der Waals surface area (Å²) in [5.74, 6) is 0.300. The summed E-state index contributed by atoms with van der Waals surface area (Å²) < 4.78 is 9.95. The van der Waals surface area contributed by atoms with Crippen molar-refractivity contribution in [3.63, 3.8) is 0 Å². The van der Waals surface area contributed by atoms with Gasteiger partial charge in [-0.1, -0.05) is 31.6 Å². The fourth-order valence-electron chi connectivity index (χ4n) is 3.28. The zero-order chi connectivity index (χ0) is 18.8. The third kappa shape index (κ3) is 4.03. The van der Waals surface area contributed by atoms with Crippen LogP contribution in [0.3, 0.4) is 0 Å². The number of carbonyl (C=O) groups excluding carboxylic acids is 2. The van der Waals surface area contributed by atoms with E-state index >= 15 is 0 Å². The number of rotatable bonds is 6. The van der Waals surface area contributed by atoms with Gasteiger partial charge in [0.05, 0.1) is 20.1 Å². The summed E-state index contributed by atoms with van der Waals surface area (Å²) in [4.78, 5) is 24.4. The fraction of sp³-hybridized carbons (Fsp3) is 0.500. The molecule has 0 bridgehead atoms. The molecule has 2 unspecified atom stereocenters. The van der Waals surface area contributed by atoms with Gasteiger partial charge in [0, 0.05) is 6.54 Å². The molecule has 1 aliphatic rings. The van der Waals surface area contributed by atoms with E-state index in [0.717, 1.165) is 5.56 Å². The van der Waals surface area contributed by atoms with Crippen LogP contribution >= 0.6 is 0 Å². The van der Waals surface area contributed by atoms with Crippen LogP contribution in [0.1, 0.15) is 43.6 Å². The minimum Gasteiger partial charge on any atom is -0.496 e. The summed E-state index contributed by atoms with van der Waals surface area (Å²) in [5.41, 5.74) is 2.39. The van der Waals surface area contributed by atoms with E-state index in [1.807, 2.05) is 6.07 Å². The summed E-state index contributed by atoms with van der Waals surface area (Å²) >= 11 is 0. The first-order valence-corrected chi connectivity index (χ1v) is 8.40. The van der Waals surface area contributed by atoms with Gasteiger partial charge in [-0.25, -0.2) is 4.79 Å². The molecule has 136 valence electrons. The van der Waals surface area contributed by atoms with Crippen molar-refractivity contribution in [1.29, 1.82) is 0 Å². The number of esters is 1. The lowest BCUT2D eigenvalue weighted by Gasteiger charge is -2.10. The van der Waals surface area contributed by atoms with E-state index in [1.54, 1.807) is 12.1 Å². The van der Waals surface area contributed by atoms with E-state index in [-0.39, 0.29) is 23.2 Å². The topological polar surface area (TPSA) is 64.6 Å². The van der Waals surface area contributed by atoms with E-state index in [0.29, 0.717) is 17.9 Å². The lowest BCUT2D eigenvalue weighted by molar-refractivity contribution is -0.123. The normalized spacial score (nSPS) is 20.4. The third-order valence-corrected chi connectivity index (χ3v) is 4.84. The second kappa shape index (κ2) is 7.30. The SMILES string of the molecule is COC(=O)c1cc(CNC(=O)C2C(C=C(C)C)C2(C)C)ccc1OC. The molecule has 0 radical (unpaired) electrons. The molecule has 5 nitrogen and oxygen atoms in total. The van der Waals surface area contributed by atoms with Crippen molar-refractivity contribution in [2.24, 2.45) is 17.3 Å². The molecule has 5 heteroatoms. The van der Waals surface area contributed by atoms with Crippen LogP contribution in [0.15, 0.2) is 29.8 Å². The minimum absolute atomic E-state index is 0.0132. The van der Waals surface area contributed by atoms with E-state index in [1.165, 1.54) is 19.8 Å².